The first kappa shape index (κ1) is 17.5. The van der Waals surface area contributed by atoms with Gasteiger partial charge >= 0.3 is 0 Å². The lowest BCUT2D eigenvalue weighted by molar-refractivity contribution is 0.428. The lowest BCUT2D eigenvalue weighted by atomic mass is 10.1. The van der Waals surface area contributed by atoms with Crippen LogP contribution in [0.1, 0.15) is 43.4 Å². The normalized spacial score (nSPS) is 16.0. The van der Waals surface area contributed by atoms with E-state index in [9.17, 15) is 0 Å². The lowest BCUT2D eigenvalue weighted by Crippen LogP contribution is -2.38. The van der Waals surface area contributed by atoms with Gasteiger partial charge in [0, 0.05) is 25.8 Å². The van der Waals surface area contributed by atoms with Crippen molar-refractivity contribution < 1.29 is 0 Å². The predicted molar refractivity (Wildman–Crippen MR) is 103 cm³/mol. The fourth-order valence-corrected chi connectivity index (χ4v) is 3.32. The third kappa shape index (κ3) is 4.84. The monoisotopic (exact) mass is 339 g/mol. The molecule has 2 aromatic rings. The smallest absolute Gasteiger partial charge is 0.191 e. The highest BCUT2D eigenvalue weighted by molar-refractivity contribution is 5.78. The van der Waals surface area contributed by atoms with Crippen molar-refractivity contribution in [1.82, 2.24) is 14.7 Å². The Balaban J connectivity index is 1.52. The molecule has 1 saturated heterocycles. The average Bonchev–Trinajstić information content (AvgIpc) is 2.84. The molecule has 0 unspecified atom stereocenters. The maximum Gasteiger partial charge on any atom is 0.191 e. The molecule has 134 valence electrons. The summed E-state index contributed by atoms with van der Waals surface area (Å²) >= 11 is 0. The molecule has 0 radical (unpaired) electrons. The molecule has 0 bridgehead atoms. The summed E-state index contributed by atoms with van der Waals surface area (Å²) in [5.41, 5.74) is 9.64. The van der Waals surface area contributed by atoms with Crippen LogP contribution in [0, 0.1) is 6.92 Å². The molecule has 5 heteroatoms. The van der Waals surface area contributed by atoms with E-state index >= 15 is 0 Å². The Morgan fingerprint density at radius 1 is 1.12 bits per heavy atom. The van der Waals surface area contributed by atoms with Gasteiger partial charge in [-0.2, -0.15) is 5.10 Å². The van der Waals surface area contributed by atoms with Crippen molar-refractivity contribution in [1.29, 1.82) is 0 Å². The molecule has 3 rings (SSSR count). The maximum atomic E-state index is 6.17. The van der Waals surface area contributed by atoms with E-state index in [0.717, 1.165) is 49.8 Å². The van der Waals surface area contributed by atoms with Gasteiger partial charge in [-0.05, 0) is 50.3 Å². The van der Waals surface area contributed by atoms with Gasteiger partial charge in [0.2, 0.25) is 0 Å². The van der Waals surface area contributed by atoms with Crippen LogP contribution in [0.25, 0.3) is 5.69 Å². The Kier molecular flexibility index (Phi) is 6.09. The van der Waals surface area contributed by atoms with E-state index in [1.54, 1.807) is 0 Å². The van der Waals surface area contributed by atoms with Crippen molar-refractivity contribution in [2.24, 2.45) is 10.7 Å². The van der Waals surface area contributed by atoms with Crippen LogP contribution in [0.3, 0.4) is 0 Å². The second kappa shape index (κ2) is 8.70. The van der Waals surface area contributed by atoms with Gasteiger partial charge in [-0.15, -0.1) is 0 Å². The van der Waals surface area contributed by atoms with E-state index in [4.69, 9.17) is 5.73 Å². The topological polar surface area (TPSA) is 59.4 Å². The predicted octanol–water partition coefficient (Wildman–Crippen LogP) is 3.30. The van der Waals surface area contributed by atoms with Crippen LogP contribution >= 0.6 is 0 Å². The lowest BCUT2D eigenvalue weighted by Gasteiger charge is -2.21. The largest absolute Gasteiger partial charge is 0.370 e. The molecule has 2 N–H and O–H groups in total. The number of aromatic nitrogens is 2. The molecule has 25 heavy (non-hydrogen) atoms. The molecule has 2 heterocycles. The first-order chi connectivity index (χ1) is 12.2. The molecule has 0 aliphatic carbocycles. The number of rotatable bonds is 5. The summed E-state index contributed by atoms with van der Waals surface area (Å²) in [6.45, 7) is 4.96. The van der Waals surface area contributed by atoms with Gasteiger partial charge in [-0.3, -0.25) is 4.99 Å². The van der Waals surface area contributed by atoms with Crippen LogP contribution in [0.2, 0.25) is 0 Å². The third-order valence-electron chi connectivity index (χ3n) is 4.83. The van der Waals surface area contributed by atoms with Gasteiger partial charge in [0.1, 0.15) is 0 Å². The minimum absolute atomic E-state index is 0.721. The van der Waals surface area contributed by atoms with Gasteiger partial charge in [0.05, 0.1) is 11.4 Å². The second-order valence-corrected chi connectivity index (χ2v) is 6.76. The number of hydrogen-bond donors (Lipinski definition) is 1. The number of aryl methyl sites for hydroxylation is 2. The van der Waals surface area contributed by atoms with Crippen LogP contribution in [0.4, 0.5) is 0 Å². The first-order valence-corrected chi connectivity index (χ1v) is 9.39. The summed E-state index contributed by atoms with van der Waals surface area (Å²) in [5.74, 6) is 0.721. The molecule has 1 aromatic carbocycles. The molecule has 0 spiro atoms. The maximum absolute atomic E-state index is 6.17. The zero-order valence-corrected chi connectivity index (χ0v) is 15.2. The van der Waals surface area contributed by atoms with Crippen molar-refractivity contribution in [3.05, 3.63) is 47.8 Å². The number of benzene rings is 1. The van der Waals surface area contributed by atoms with Crippen LogP contribution in [-0.4, -0.2) is 40.3 Å². The van der Waals surface area contributed by atoms with Crippen molar-refractivity contribution in [2.75, 3.05) is 19.6 Å². The van der Waals surface area contributed by atoms with E-state index in [1.165, 1.54) is 31.2 Å². The summed E-state index contributed by atoms with van der Waals surface area (Å²) in [6.07, 6.45) is 9.20. The highest BCUT2D eigenvalue weighted by atomic mass is 15.3. The Morgan fingerprint density at radius 2 is 1.84 bits per heavy atom. The van der Waals surface area contributed by atoms with E-state index < -0.39 is 0 Å². The highest BCUT2D eigenvalue weighted by Crippen LogP contribution is 2.14. The molecule has 1 aliphatic rings. The number of nitrogens with two attached hydrogens (primary N) is 1. The molecule has 5 nitrogen and oxygen atoms in total. The standard InChI is InChI=1S/C20H29N5/c1-17-18(16-25(23-17)19-11-5-4-6-12-19)10-9-13-22-20(21)24-14-7-2-3-8-15-24/h4-6,11-12,16H,2-3,7-10,13-15H2,1H3,(H2,21,22). The van der Waals surface area contributed by atoms with Crippen molar-refractivity contribution in [2.45, 2.75) is 45.4 Å². The summed E-state index contributed by atoms with van der Waals surface area (Å²) in [4.78, 5) is 6.83. The fourth-order valence-electron chi connectivity index (χ4n) is 3.32. The van der Waals surface area contributed by atoms with Gasteiger partial charge in [0.25, 0.3) is 0 Å². The summed E-state index contributed by atoms with van der Waals surface area (Å²) in [5, 5.41) is 4.63. The Bertz CT molecular complexity index is 681. The van der Waals surface area contributed by atoms with Crippen molar-refractivity contribution in [3.63, 3.8) is 0 Å². The van der Waals surface area contributed by atoms with Gasteiger partial charge < -0.3 is 10.6 Å². The molecule has 0 saturated carbocycles. The van der Waals surface area contributed by atoms with Crippen LogP contribution in [-0.2, 0) is 6.42 Å². The van der Waals surface area contributed by atoms with E-state index in [1.807, 2.05) is 22.9 Å². The fraction of sp³-hybridized carbons (Fsp3) is 0.500. The van der Waals surface area contributed by atoms with Gasteiger partial charge in [-0.25, -0.2) is 4.68 Å². The highest BCUT2D eigenvalue weighted by Gasteiger charge is 2.11. The average molecular weight is 339 g/mol. The van der Waals surface area contributed by atoms with Crippen LogP contribution in [0.5, 0.6) is 0 Å². The van der Waals surface area contributed by atoms with Crippen LogP contribution in [0.15, 0.2) is 41.5 Å². The number of aliphatic imine (C=N–C) groups is 1. The molecule has 0 amide bonds. The molecule has 1 aromatic heterocycles. The Labute approximate surface area is 150 Å². The van der Waals surface area contributed by atoms with E-state index in [0.29, 0.717) is 0 Å². The number of guanidine groups is 1. The van der Waals surface area contributed by atoms with Crippen molar-refractivity contribution >= 4 is 5.96 Å². The quantitative estimate of drug-likeness (QED) is 0.516. The molecule has 1 aliphatic heterocycles. The zero-order chi connectivity index (χ0) is 17.5. The molecular weight excluding hydrogens is 310 g/mol. The molecular formula is C20H29N5. The second-order valence-electron chi connectivity index (χ2n) is 6.76. The third-order valence-corrected chi connectivity index (χ3v) is 4.83. The number of para-hydroxylation sites is 1. The number of nitrogens with zero attached hydrogens (tertiary/aromatic N) is 4. The Morgan fingerprint density at radius 3 is 2.56 bits per heavy atom. The molecule has 0 atom stereocenters. The minimum atomic E-state index is 0.721. The van der Waals surface area contributed by atoms with Gasteiger partial charge in [0.15, 0.2) is 5.96 Å². The molecule has 1 fully saturated rings. The SMILES string of the molecule is Cc1nn(-c2ccccc2)cc1CCCN=C(N)N1CCCCCC1. The number of likely N-dealkylation sites (tertiary alicyclic amines) is 1. The van der Waals surface area contributed by atoms with E-state index in [-0.39, 0.29) is 0 Å². The van der Waals surface area contributed by atoms with Gasteiger partial charge in [-0.1, -0.05) is 31.0 Å². The summed E-state index contributed by atoms with van der Waals surface area (Å²) in [7, 11) is 0. The zero-order valence-electron chi connectivity index (χ0n) is 15.2. The minimum Gasteiger partial charge on any atom is -0.370 e. The van der Waals surface area contributed by atoms with E-state index in [2.05, 4.69) is 40.2 Å². The first-order valence-electron chi connectivity index (χ1n) is 9.39. The van der Waals surface area contributed by atoms with Crippen molar-refractivity contribution in [3.8, 4) is 5.69 Å². The summed E-state index contributed by atoms with van der Waals surface area (Å²) in [6, 6.07) is 10.2. The Hall–Kier alpha value is -2.30. The number of hydrogen-bond acceptors (Lipinski definition) is 2. The summed E-state index contributed by atoms with van der Waals surface area (Å²) < 4.78 is 1.96. The van der Waals surface area contributed by atoms with Crippen LogP contribution < -0.4 is 5.73 Å².